The van der Waals surface area contributed by atoms with Crippen molar-refractivity contribution >= 4 is 23.2 Å². The molecule has 5 nitrogen and oxygen atoms in total. The van der Waals surface area contributed by atoms with Crippen LogP contribution in [0.2, 0.25) is 0 Å². The molecule has 0 saturated heterocycles. The number of carbonyl (C=O) groups excluding carboxylic acids is 1. The van der Waals surface area contributed by atoms with E-state index in [0.29, 0.717) is 10.5 Å². The fourth-order valence-corrected chi connectivity index (χ4v) is 3.11. The highest BCUT2D eigenvalue weighted by atomic mass is 32.2. The van der Waals surface area contributed by atoms with Gasteiger partial charge < -0.3 is 14.6 Å². The Balaban J connectivity index is 3.47. The molecule has 1 aromatic rings. The highest BCUT2D eigenvalue weighted by Crippen LogP contribution is 2.41. The highest BCUT2D eigenvalue weighted by molar-refractivity contribution is 8.13. The maximum Gasteiger partial charge on any atom is 0.511 e. The summed E-state index contributed by atoms with van der Waals surface area (Å²) in [6.07, 6.45) is -1.41. The van der Waals surface area contributed by atoms with E-state index in [-0.39, 0.29) is 17.8 Å². The van der Waals surface area contributed by atoms with Crippen LogP contribution in [0.3, 0.4) is 0 Å². The summed E-state index contributed by atoms with van der Waals surface area (Å²) >= 11 is 0.858. The van der Waals surface area contributed by atoms with Crippen LogP contribution in [0, 0.1) is 13.8 Å². The predicted octanol–water partition coefficient (Wildman–Crippen LogP) is 4.91. The first kappa shape index (κ1) is 18.4. The van der Waals surface area contributed by atoms with Gasteiger partial charge in [-0.2, -0.15) is 0 Å². The fourth-order valence-electron chi connectivity index (χ4n) is 2.21. The number of ether oxygens (including phenoxy) is 2. The molecule has 22 heavy (non-hydrogen) atoms. The second-order valence-corrected chi connectivity index (χ2v) is 6.87. The summed E-state index contributed by atoms with van der Waals surface area (Å²) < 4.78 is 9.84. The van der Waals surface area contributed by atoms with E-state index >= 15 is 0 Å². The van der Waals surface area contributed by atoms with Crippen molar-refractivity contribution in [1.82, 2.24) is 0 Å². The number of aryl methyl sites for hydroxylation is 1. The summed E-state index contributed by atoms with van der Waals surface area (Å²) in [4.78, 5) is 23.2. The molecule has 1 rings (SSSR count). The molecule has 0 saturated carbocycles. The average Bonchev–Trinajstić information content (AvgIpc) is 2.36. The first-order chi connectivity index (χ1) is 10.1. The van der Waals surface area contributed by atoms with E-state index in [1.807, 2.05) is 13.0 Å². The first-order valence-electron chi connectivity index (χ1n) is 6.98. The molecule has 0 aliphatic carbocycles. The van der Waals surface area contributed by atoms with Gasteiger partial charge in [-0.15, -0.1) is 0 Å². The van der Waals surface area contributed by atoms with Gasteiger partial charge in [0.05, 0.1) is 11.5 Å². The van der Waals surface area contributed by atoms with E-state index in [2.05, 4.69) is 20.8 Å². The standard InChI is InChI=1S/C16H22O5S/c1-7-20-15(19)22-13-10(3)11(16(4,5)6)8-9(2)12(13)21-14(17)18/h8H,7H2,1-6H3,(H,17,18). The van der Waals surface area contributed by atoms with Crippen LogP contribution in [0.15, 0.2) is 11.0 Å². The van der Waals surface area contributed by atoms with Crippen molar-refractivity contribution in [3.63, 3.8) is 0 Å². The van der Waals surface area contributed by atoms with Crippen molar-refractivity contribution in [2.24, 2.45) is 0 Å². The minimum atomic E-state index is -1.41. The summed E-state index contributed by atoms with van der Waals surface area (Å²) in [7, 11) is 0. The molecule has 6 heteroatoms. The molecule has 0 heterocycles. The summed E-state index contributed by atoms with van der Waals surface area (Å²) in [6.45, 7) is 11.8. The van der Waals surface area contributed by atoms with Gasteiger partial charge in [-0.25, -0.2) is 9.59 Å². The van der Waals surface area contributed by atoms with E-state index in [4.69, 9.17) is 14.6 Å². The van der Waals surface area contributed by atoms with Gasteiger partial charge in [-0.1, -0.05) is 26.8 Å². The molecule has 0 unspecified atom stereocenters. The Morgan fingerprint density at radius 2 is 1.86 bits per heavy atom. The number of rotatable bonds is 3. The summed E-state index contributed by atoms with van der Waals surface area (Å²) in [5, 5.41) is 8.45. The van der Waals surface area contributed by atoms with Crippen molar-refractivity contribution in [1.29, 1.82) is 0 Å². The lowest BCUT2D eigenvalue weighted by molar-refractivity contribution is 0.142. The molecule has 1 aromatic carbocycles. The quantitative estimate of drug-likeness (QED) is 0.483. The summed E-state index contributed by atoms with van der Waals surface area (Å²) in [5.41, 5.74) is 2.40. The highest BCUT2D eigenvalue weighted by Gasteiger charge is 2.25. The predicted molar refractivity (Wildman–Crippen MR) is 86.1 cm³/mol. The molecule has 0 amide bonds. The maximum atomic E-state index is 11.8. The number of carbonyl (C=O) groups is 2. The Labute approximate surface area is 135 Å². The molecule has 0 aliphatic rings. The SMILES string of the molecule is CCOC(=O)Sc1c(C)c(C(C)(C)C)cc(C)c1OC(=O)O. The van der Waals surface area contributed by atoms with Gasteiger partial charge in [0, 0.05) is 0 Å². The topological polar surface area (TPSA) is 72.8 Å². The van der Waals surface area contributed by atoms with Crippen molar-refractivity contribution in [2.45, 2.75) is 51.9 Å². The van der Waals surface area contributed by atoms with E-state index in [9.17, 15) is 9.59 Å². The number of benzene rings is 1. The van der Waals surface area contributed by atoms with Gasteiger partial charge in [0.15, 0.2) is 5.75 Å². The molecular formula is C16H22O5S. The van der Waals surface area contributed by atoms with Crippen LogP contribution in [0.1, 0.15) is 44.4 Å². The van der Waals surface area contributed by atoms with Crippen molar-refractivity contribution in [2.75, 3.05) is 6.61 Å². The van der Waals surface area contributed by atoms with Crippen LogP contribution in [0.25, 0.3) is 0 Å². The molecule has 0 radical (unpaired) electrons. The van der Waals surface area contributed by atoms with Gasteiger partial charge >= 0.3 is 11.5 Å². The number of thioether (sulfide) groups is 1. The van der Waals surface area contributed by atoms with E-state index in [1.54, 1.807) is 13.8 Å². The number of hydrogen-bond acceptors (Lipinski definition) is 5. The van der Waals surface area contributed by atoms with E-state index in [0.717, 1.165) is 22.9 Å². The smallest absolute Gasteiger partial charge is 0.458 e. The number of carboxylic acid groups (broad SMARTS) is 1. The van der Waals surface area contributed by atoms with Gasteiger partial charge in [-0.3, -0.25) is 0 Å². The molecule has 122 valence electrons. The van der Waals surface area contributed by atoms with Crippen molar-refractivity contribution < 1.29 is 24.2 Å². The van der Waals surface area contributed by atoms with Crippen LogP contribution >= 0.6 is 11.8 Å². The maximum absolute atomic E-state index is 11.8. The third-order valence-electron chi connectivity index (χ3n) is 3.11. The van der Waals surface area contributed by atoms with E-state index < -0.39 is 11.5 Å². The Kier molecular flexibility index (Phi) is 5.88. The molecule has 0 fully saturated rings. The second-order valence-electron chi connectivity index (χ2n) is 5.93. The molecule has 1 N–H and O–H groups in total. The third kappa shape index (κ3) is 4.40. The normalized spacial score (nSPS) is 11.2. The van der Waals surface area contributed by atoms with Crippen LogP contribution in [0.5, 0.6) is 5.75 Å². The Morgan fingerprint density at radius 1 is 1.27 bits per heavy atom. The third-order valence-corrected chi connectivity index (χ3v) is 4.10. The van der Waals surface area contributed by atoms with Crippen molar-refractivity contribution in [3.05, 3.63) is 22.8 Å². The Bertz CT molecular complexity index is 587. The monoisotopic (exact) mass is 326 g/mol. The van der Waals surface area contributed by atoms with Crippen LogP contribution in [-0.2, 0) is 10.2 Å². The molecule has 0 atom stereocenters. The molecule has 0 aliphatic heterocycles. The Morgan fingerprint density at radius 3 is 2.32 bits per heavy atom. The zero-order valence-corrected chi connectivity index (χ0v) is 14.6. The van der Waals surface area contributed by atoms with Crippen molar-refractivity contribution in [3.8, 4) is 5.75 Å². The van der Waals surface area contributed by atoms with Gasteiger partial charge in [0.1, 0.15) is 0 Å². The van der Waals surface area contributed by atoms with Gasteiger partial charge in [0.2, 0.25) is 0 Å². The molecular weight excluding hydrogens is 304 g/mol. The average molecular weight is 326 g/mol. The summed E-state index contributed by atoms with van der Waals surface area (Å²) in [5.74, 6) is 0.191. The zero-order chi connectivity index (χ0) is 17.1. The minimum Gasteiger partial charge on any atom is -0.458 e. The second kappa shape index (κ2) is 7.05. The lowest BCUT2D eigenvalue weighted by Crippen LogP contribution is -2.16. The molecule has 0 spiro atoms. The van der Waals surface area contributed by atoms with E-state index in [1.165, 1.54) is 0 Å². The van der Waals surface area contributed by atoms with Crippen LogP contribution in [-0.4, -0.2) is 23.2 Å². The Hall–Kier alpha value is -1.69. The largest absolute Gasteiger partial charge is 0.511 e. The van der Waals surface area contributed by atoms with Gasteiger partial charge in [-0.05, 0) is 54.6 Å². The van der Waals surface area contributed by atoms with Gasteiger partial charge in [0.25, 0.3) is 0 Å². The zero-order valence-electron chi connectivity index (χ0n) is 13.8. The van der Waals surface area contributed by atoms with Crippen LogP contribution < -0.4 is 4.74 Å². The number of hydrogen-bond donors (Lipinski definition) is 1. The van der Waals surface area contributed by atoms with Crippen LogP contribution in [0.4, 0.5) is 9.59 Å². The first-order valence-corrected chi connectivity index (χ1v) is 7.79. The summed E-state index contributed by atoms with van der Waals surface area (Å²) in [6, 6.07) is 1.91. The molecule has 0 bridgehead atoms. The minimum absolute atomic E-state index is 0.138. The lowest BCUT2D eigenvalue weighted by atomic mass is 9.83. The molecule has 0 aromatic heterocycles. The lowest BCUT2D eigenvalue weighted by Gasteiger charge is -2.25. The fraction of sp³-hybridized carbons (Fsp3) is 0.500.